The first kappa shape index (κ1) is 20.8. The van der Waals surface area contributed by atoms with Gasteiger partial charge in [-0.3, -0.25) is 4.99 Å². The van der Waals surface area contributed by atoms with Gasteiger partial charge in [0.1, 0.15) is 12.4 Å². The van der Waals surface area contributed by atoms with Gasteiger partial charge in [0.15, 0.2) is 0 Å². The average Bonchev–Trinajstić information content (AvgIpc) is 3.30. The van der Waals surface area contributed by atoms with E-state index in [0.717, 1.165) is 29.4 Å². The summed E-state index contributed by atoms with van der Waals surface area (Å²) in [4.78, 5) is 12.2. The van der Waals surface area contributed by atoms with Gasteiger partial charge in [-0.1, -0.05) is 59.7 Å². The molecule has 3 atom stereocenters. The van der Waals surface area contributed by atoms with Crippen LogP contribution in [0.25, 0.3) is 0 Å². The Labute approximate surface area is 169 Å². The summed E-state index contributed by atoms with van der Waals surface area (Å²) in [5, 5.41) is 10.1. The van der Waals surface area contributed by atoms with E-state index in [-0.39, 0.29) is 24.7 Å². The molecular weight excluding hydrogens is 350 g/mol. The average molecular weight is 386 g/mol. The van der Waals surface area contributed by atoms with Gasteiger partial charge < -0.3 is 14.7 Å². The summed E-state index contributed by atoms with van der Waals surface area (Å²) in [7, 11) is 0. The normalized spacial score (nSPS) is 23.4. The molecule has 0 aromatic heterocycles. The first-order chi connectivity index (χ1) is 13.3. The highest BCUT2D eigenvalue weighted by atomic mass is 16.5. The highest BCUT2D eigenvalue weighted by molar-refractivity contribution is 6.10. The topological polar surface area (TPSA) is 57.4 Å². The fourth-order valence-electron chi connectivity index (χ4n) is 3.85. The largest absolute Gasteiger partial charge is 0.475 e. The van der Waals surface area contributed by atoms with Gasteiger partial charge in [0.05, 0.1) is 24.7 Å². The standard InChI is InChI=1S/C23H35N3O2/c1-14(2)19-11-26(21(12-27)16(5)6)22(24-19)17-9-7-8-10-18(17)23-25-20(13-28-23)15(3)4/h7-10,14-16,19-21,27H,11-13H2,1-6H3/t19-,20-,21-/m0/s1. The predicted molar refractivity (Wildman–Crippen MR) is 115 cm³/mol. The zero-order chi connectivity index (χ0) is 20.4. The van der Waals surface area contributed by atoms with Gasteiger partial charge in [-0.15, -0.1) is 0 Å². The van der Waals surface area contributed by atoms with Crippen LogP contribution >= 0.6 is 0 Å². The van der Waals surface area contributed by atoms with Gasteiger partial charge in [-0.05, 0) is 23.8 Å². The second-order valence-electron chi connectivity index (χ2n) is 9.01. The molecule has 0 unspecified atom stereocenters. The lowest BCUT2D eigenvalue weighted by molar-refractivity contribution is 0.145. The minimum atomic E-state index is 0.0467. The number of hydrogen-bond acceptors (Lipinski definition) is 5. The second-order valence-corrected chi connectivity index (χ2v) is 9.01. The number of aliphatic hydroxyl groups is 1. The highest BCUT2D eigenvalue weighted by Crippen LogP contribution is 2.28. The molecule has 0 saturated heterocycles. The lowest BCUT2D eigenvalue weighted by atomic mass is 9.99. The van der Waals surface area contributed by atoms with Crippen LogP contribution in [-0.4, -0.2) is 59.6 Å². The first-order valence-corrected chi connectivity index (χ1v) is 10.6. The molecule has 0 radical (unpaired) electrons. The molecule has 1 aromatic carbocycles. The molecule has 0 saturated carbocycles. The SMILES string of the molecule is CC(C)[C@@H]1COC(c2ccccc2C2=N[C@H](C(C)C)CN2[C@@H](CO)C(C)C)=N1. The molecule has 0 bridgehead atoms. The van der Waals surface area contributed by atoms with Crippen molar-refractivity contribution in [3.63, 3.8) is 0 Å². The molecular formula is C23H35N3O2. The van der Waals surface area contributed by atoms with Crippen molar-refractivity contribution in [1.82, 2.24) is 4.90 Å². The summed E-state index contributed by atoms with van der Waals surface area (Å²) in [6.07, 6.45) is 0. The fourth-order valence-corrected chi connectivity index (χ4v) is 3.85. The minimum Gasteiger partial charge on any atom is -0.475 e. The first-order valence-electron chi connectivity index (χ1n) is 10.6. The van der Waals surface area contributed by atoms with Crippen molar-refractivity contribution in [3.8, 4) is 0 Å². The van der Waals surface area contributed by atoms with Crippen LogP contribution in [0.3, 0.4) is 0 Å². The molecule has 0 fully saturated rings. The quantitative estimate of drug-likeness (QED) is 0.780. The van der Waals surface area contributed by atoms with Gasteiger partial charge in [0.2, 0.25) is 5.90 Å². The summed E-state index contributed by atoms with van der Waals surface area (Å²) in [5.74, 6) is 2.91. The van der Waals surface area contributed by atoms with Crippen LogP contribution in [0.2, 0.25) is 0 Å². The third-order valence-corrected chi connectivity index (χ3v) is 5.91. The van der Waals surface area contributed by atoms with Crippen molar-refractivity contribution >= 4 is 11.7 Å². The number of aliphatic hydroxyl groups excluding tert-OH is 1. The maximum atomic E-state index is 10.1. The lowest BCUT2D eigenvalue weighted by Gasteiger charge is -2.33. The van der Waals surface area contributed by atoms with E-state index in [0.29, 0.717) is 24.4 Å². The second kappa shape index (κ2) is 8.64. The maximum Gasteiger partial charge on any atom is 0.217 e. The molecule has 3 rings (SSSR count). The van der Waals surface area contributed by atoms with Gasteiger partial charge in [0, 0.05) is 17.7 Å². The smallest absolute Gasteiger partial charge is 0.217 e. The van der Waals surface area contributed by atoms with Gasteiger partial charge in [-0.2, -0.15) is 0 Å². The van der Waals surface area contributed by atoms with Crippen molar-refractivity contribution in [2.24, 2.45) is 27.7 Å². The highest BCUT2D eigenvalue weighted by Gasteiger charge is 2.36. The minimum absolute atomic E-state index is 0.0467. The Kier molecular flexibility index (Phi) is 6.43. The van der Waals surface area contributed by atoms with Crippen LogP contribution in [0.5, 0.6) is 0 Å². The monoisotopic (exact) mass is 385 g/mol. The van der Waals surface area contributed by atoms with E-state index in [9.17, 15) is 5.11 Å². The fraction of sp³-hybridized carbons (Fsp3) is 0.652. The van der Waals surface area contributed by atoms with Crippen LogP contribution in [-0.2, 0) is 4.74 Å². The summed E-state index contributed by atoms with van der Waals surface area (Å²) in [6, 6.07) is 8.72. The summed E-state index contributed by atoms with van der Waals surface area (Å²) in [5.41, 5.74) is 2.05. The van der Waals surface area contributed by atoms with Gasteiger partial charge in [0.25, 0.3) is 0 Å². The molecule has 5 nitrogen and oxygen atoms in total. The van der Waals surface area contributed by atoms with Gasteiger partial charge in [-0.25, -0.2) is 4.99 Å². The summed E-state index contributed by atoms with van der Waals surface area (Å²) >= 11 is 0. The Morgan fingerprint density at radius 3 is 2.18 bits per heavy atom. The molecule has 2 aliphatic rings. The van der Waals surface area contributed by atoms with Gasteiger partial charge >= 0.3 is 0 Å². The van der Waals surface area contributed by atoms with Crippen molar-refractivity contribution in [2.75, 3.05) is 19.8 Å². The number of rotatable bonds is 7. The van der Waals surface area contributed by atoms with E-state index >= 15 is 0 Å². The predicted octanol–water partition coefficient (Wildman–Crippen LogP) is 3.59. The lowest BCUT2D eigenvalue weighted by Crippen LogP contribution is -2.45. The number of nitrogens with zero attached hydrogens (tertiary/aromatic N) is 3. The number of benzene rings is 1. The maximum absolute atomic E-state index is 10.1. The Balaban J connectivity index is 2.03. The molecule has 0 amide bonds. The Morgan fingerprint density at radius 2 is 1.64 bits per heavy atom. The van der Waals surface area contributed by atoms with E-state index in [1.807, 2.05) is 12.1 Å². The zero-order valence-electron chi connectivity index (χ0n) is 18.1. The van der Waals surface area contributed by atoms with Crippen molar-refractivity contribution in [1.29, 1.82) is 0 Å². The summed E-state index contributed by atoms with van der Waals surface area (Å²) < 4.78 is 5.98. The van der Waals surface area contributed by atoms with E-state index in [1.54, 1.807) is 0 Å². The third-order valence-electron chi connectivity index (χ3n) is 5.91. The van der Waals surface area contributed by atoms with Crippen molar-refractivity contribution < 1.29 is 9.84 Å². The van der Waals surface area contributed by atoms with Crippen molar-refractivity contribution in [3.05, 3.63) is 35.4 Å². The van der Waals surface area contributed by atoms with Crippen LogP contribution in [0, 0.1) is 17.8 Å². The third kappa shape index (κ3) is 4.09. The number of hydrogen-bond donors (Lipinski definition) is 1. The molecule has 154 valence electrons. The number of ether oxygens (including phenoxy) is 1. The number of amidine groups is 1. The van der Waals surface area contributed by atoms with Crippen LogP contribution < -0.4 is 0 Å². The molecule has 0 aliphatic carbocycles. The molecule has 28 heavy (non-hydrogen) atoms. The zero-order valence-corrected chi connectivity index (χ0v) is 18.1. The Morgan fingerprint density at radius 1 is 1.00 bits per heavy atom. The van der Waals surface area contributed by atoms with E-state index < -0.39 is 0 Å². The Hall–Kier alpha value is -1.88. The molecule has 2 aliphatic heterocycles. The van der Waals surface area contributed by atoms with Crippen molar-refractivity contribution in [2.45, 2.75) is 59.7 Å². The van der Waals surface area contributed by atoms with Crippen LogP contribution in [0.15, 0.2) is 34.3 Å². The van der Waals surface area contributed by atoms with Crippen LogP contribution in [0.4, 0.5) is 0 Å². The molecule has 2 heterocycles. The van der Waals surface area contributed by atoms with Crippen LogP contribution in [0.1, 0.15) is 52.7 Å². The van der Waals surface area contributed by atoms with E-state index in [2.05, 4.69) is 58.6 Å². The molecule has 1 aromatic rings. The van der Waals surface area contributed by atoms with E-state index in [4.69, 9.17) is 14.7 Å². The summed E-state index contributed by atoms with van der Waals surface area (Å²) in [6.45, 7) is 14.7. The Bertz CT molecular complexity index is 739. The van der Waals surface area contributed by atoms with E-state index in [1.165, 1.54) is 0 Å². The molecule has 5 heteroatoms. The molecule has 1 N–H and O–H groups in total. The number of aliphatic imine (C=N–C) groups is 2. The molecule has 0 spiro atoms.